The zero-order valence-corrected chi connectivity index (χ0v) is 17.5. The van der Waals surface area contributed by atoms with Gasteiger partial charge in [0.1, 0.15) is 6.10 Å². The van der Waals surface area contributed by atoms with Crippen LogP contribution >= 0.6 is 0 Å². The molecule has 1 aromatic carbocycles. The molecule has 0 bridgehead atoms. The normalized spacial score (nSPS) is 21.5. The van der Waals surface area contributed by atoms with E-state index in [0.29, 0.717) is 17.9 Å². The van der Waals surface area contributed by atoms with Crippen molar-refractivity contribution in [3.05, 3.63) is 23.8 Å². The van der Waals surface area contributed by atoms with Crippen LogP contribution in [0.15, 0.2) is 18.2 Å². The van der Waals surface area contributed by atoms with Crippen molar-refractivity contribution in [3.8, 4) is 11.5 Å². The number of amides is 1. The monoisotopic (exact) mass is 390 g/mol. The van der Waals surface area contributed by atoms with Crippen molar-refractivity contribution in [2.75, 3.05) is 46.9 Å². The molecule has 0 aliphatic carbocycles. The number of piperidine rings is 2. The molecule has 2 aliphatic rings. The zero-order valence-electron chi connectivity index (χ0n) is 17.5. The molecule has 2 saturated heterocycles. The van der Waals surface area contributed by atoms with Crippen molar-refractivity contribution >= 4 is 5.91 Å². The second-order valence-corrected chi connectivity index (χ2v) is 7.87. The van der Waals surface area contributed by atoms with Crippen LogP contribution < -0.4 is 9.47 Å². The molecule has 0 N–H and O–H groups in total. The summed E-state index contributed by atoms with van der Waals surface area (Å²) in [5.41, 5.74) is 0.642. The number of carbonyl (C=O) groups excluding carboxylic acids is 1. The summed E-state index contributed by atoms with van der Waals surface area (Å²) in [6.45, 7) is 6.38. The van der Waals surface area contributed by atoms with Crippen LogP contribution in [0.5, 0.6) is 11.5 Å². The van der Waals surface area contributed by atoms with Gasteiger partial charge in [-0.05, 0) is 57.4 Å². The number of hydrogen-bond acceptors (Lipinski definition) is 5. The molecule has 2 fully saturated rings. The lowest BCUT2D eigenvalue weighted by Crippen LogP contribution is -2.43. The van der Waals surface area contributed by atoms with E-state index < -0.39 is 0 Å². The summed E-state index contributed by atoms with van der Waals surface area (Å²) in [5, 5.41) is 0. The maximum atomic E-state index is 13.0. The topological polar surface area (TPSA) is 51.2 Å². The van der Waals surface area contributed by atoms with Crippen molar-refractivity contribution in [1.29, 1.82) is 0 Å². The third-order valence-electron chi connectivity index (χ3n) is 5.59. The Morgan fingerprint density at radius 3 is 2.61 bits per heavy atom. The standard InChI is InChI=1S/C22H34N2O4/c1-4-14-27-19-6-5-11-24(16-19)22(25)17-7-8-20(21(15-17)26-3)28-18-9-12-23(2)13-10-18/h7-8,15,18-19H,4-6,9-14,16H2,1-3H3/t19-/m1/s1. The summed E-state index contributed by atoms with van der Waals surface area (Å²) in [5.74, 6) is 1.38. The van der Waals surface area contributed by atoms with Gasteiger partial charge >= 0.3 is 0 Å². The van der Waals surface area contributed by atoms with Gasteiger partial charge in [-0.3, -0.25) is 4.79 Å². The fourth-order valence-corrected chi connectivity index (χ4v) is 3.91. The van der Waals surface area contributed by atoms with Crippen LogP contribution in [0.1, 0.15) is 49.4 Å². The van der Waals surface area contributed by atoms with Gasteiger partial charge in [0.2, 0.25) is 0 Å². The summed E-state index contributed by atoms with van der Waals surface area (Å²) in [6, 6.07) is 5.54. The summed E-state index contributed by atoms with van der Waals surface area (Å²) >= 11 is 0. The Morgan fingerprint density at radius 2 is 1.89 bits per heavy atom. The number of ether oxygens (including phenoxy) is 3. The number of methoxy groups -OCH3 is 1. The highest BCUT2D eigenvalue weighted by atomic mass is 16.5. The van der Waals surface area contributed by atoms with E-state index in [2.05, 4.69) is 18.9 Å². The van der Waals surface area contributed by atoms with E-state index in [1.54, 1.807) is 7.11 Å². The van der Waals surface area contributed by atoms with Gasteiger partial charge in [0.05, 0.1) is 13.2 Å². The first-order valence-electron chi connectivity index (χ1n) is 10.5. The van der Waals surface area contributed by atoms with E-state index in [1.807, 2.05) is 23.1 Å². The molecule has 2 heterocycles. The van der Waals surface area contributed by atoms with Crippen LogP contribution in [0, 0.1) is 0 Å². The first-order chi connectivity index (χ1) is 13.6. The highest BCUT2D eigenvalue weighted by Crippen LogP contribution is 2.31. The molecule has 0 spiro atoms. The van der Waals surface area contributed by atoms with Crippen molar-refractivity contribution < 1.29 is 19.0 Å². The third kappa shape index (κ3) is 5.39. The van der Waals surface area contributed by atoms with Gasteiger partial charge in [-0.1, -0.05) is 6.92 Å². The molecule has 0 unspecified atom stereocenters. The Bertz CT molecular complexity index is 643. The molecule has 0 radical (unpaired) electrons. The van der Waals surface area contributed by atoms with Crippen molar-refractivity contribution in [3.63, 3.8) is 0 Å². The van der Waals surface area contributed by atoms with E-state index in [9.17, 15) is 4.79 Å². The molecule has 156 valence electrons. The summed E-state index contributed by atoms with van der Waals surface area (Å²) < 4.78 is 17.6. The fraction of sp³-hybridized carbons (Fsp3) is 0.682. The van der Waals surface area contributed by atoms with Crippen LogP contribution in [-0.2, 0) is 4.74 Å². The highest BCUT2D eigenvalue weighted by molar-refractivity contribution is 5.95. The minimum Gasteiger partial charge on any atom is -0.493 e. The van der Waals surface area contributed by atoms with Gasteiger partial charge in [-0.15, -0.1) is 0 Å². The molecular weight excluding hydrogens is 356 g/mol. The molecule has 0 saturated carbocycles. The maximum Gasteiger partial charge on any atom is 0.254 e. The molecule has 0 aromatic heterocycles. The van der Waals surface area contributed by atoms with E-state index in [4.69, 9.17) is 14.2 Å². The first kappa shape index (κ1) is 20.9. The molecule has 1 atom stereocenters. The third-order valence-corrected chi connectivity index (χ3v) is 5.59. The minimum atomic E-state index is 0.0361. The van der Waals surface area contributed by atoms with Crippen LogP contribution in [-0.4, -0.2) is 74.9 Å². The molecule has 1 aromatic rings. The van der Waals surface area contributed by atoms with Gasteiger partial charge < -0.3 is 24.0 Å². The lowest BCUT2D eigenvalue weighted by molar-refractivity contribution is 0.00210. The Labute approximate surface area is 168 Å². The number of hydrogen-bond donors (Lipinski definition) is 0. The van der Waals surface area contributed by atoms with Crippen LogP contribution in [0.25, 0.3) is 0 Å². The molecule has 6 heteroatoms. The van der Waals surface area contributed by atoms with Gasteiger partial charge in [0, 0.05) is 38.3 Å². The van der Waals surface area contributed by atoms with Crippen LogP contribution in [0.2, 0.25) is 0 Å². The summed E-state index contributed by atoms with van der Waals surface area (Å²) in [7, 11) is 3.76. The quantitative estimate of drug-likeness (QED) is 0.716. The number of rotatable bonds is 7. The van der Waals surface area contributed by atoms with Gasteiger partial charge in [0.15, 0.2) is 11.5 Å². The lowest BCUT2D eigenvalue weighted by Gasteiger charge is -2.33. The Kier molecular flexibility index (Phi) is 7.57. The van der Waals surface area contributed by atoms with Crippen LogP contribution in [0.3, 0.4) is 0 Å². The maximum absolute atomic E-state index is 13.0. The molecule has 28 heavy (non-hydrogen) atoms. The highest BCUT2D eigenvalue weighted by Gasteiger charge is 2.26. The van der Waals surface area contributed by atoms with Crippen LogP contribution in [0.4, 0.5) is 0 Å². The second-order valence-electron chi connectivity index (χ2n) is 7.87. The average Bonchev–Trinajstić information content (AvgIpc) is 2.73. The summed E-state index contributed by atoms with van der Waals surface area (Å²) in [6.07, 6.45) is 5.36. The molecule has 1 amide bonds. The Morgan fingerprint density at radius 1 is 1.11 bits per heavy atom. The predicted molar refractivity (Wildman–Crippen MR) is 109 cm³/mol. The number of nitrogens with zero attached hydrogens (tertiary/aromatic N) is 2. The van der Waals surface area contributed by atoms with Gasteiger partial charge in [0.25, 0.3) is 5.91 Å². The summed E-state index contributed by atoms with van der Waals surface area (Å²) in [4.78, 5) is 17.2. The lowest BCUT2D eigenvalue weighted by atomic mass is 10.1. The Hall–Kier alpha value is -1.79. The second kappa shape index (κ2) is 10.1. The predicted octanol–water partition coefficient (Wildman–Crippen LogP) is 3.20. The smallest absolute Gasteiger partial charge is 0.254 e. The number of likely N-dealkylation sites (tertiary alicyclic amines) is 2. The van der Waals surface area contributed by atoms with Crippen molar-refractivity contribution in [2.45, 2.75) is 51.2 Å². The van der Waals surface area contributed by atoms with E-state index >= 15 is 0 Å². The molecular formula is C22H34N2O4. The zero-order chi connectivity index (χ0) is 19.9. The molecule has 3 rings (SSSR count). The minimum absolute atomic E-state index is 0.0361. The SMILES string of the molecule is CCCO[C@@H]1CCCN(C(=O)c2ccc(OC3CCN(C)CC3)c(OC)c2)C1. The average molecular weight is 391 g/mol. The fourth-order valence-electron chi connectivity index (χ4n) is 3.91. The van der Waals surface area contributed by atoms with Gasteiger partial charge in [-0.25, -0.2) is 0 Å². The number of carbonyl (C=O) groups is 1. The van der Waals surface area contributed by atoms with Crippen molar-refractivity contribution in [2.24, 2.45) is 0 Å². The van der Waals surface area contributed by atoms with E-state index in [1.165, 1.54) is 0 Å². The molecule has 6 nitrogen and oxygen atoms in total. The van der Waals surface area contributed by atoms with E-state index in [0.717, 1.165) is 64.1 Å². The van der Waals surface area contributed by atoms with E-state index in [-0.39, 0.29) is 18.1 Å². The molecule has 2 aliphatic heterocycles. The Balaban J connectivity index is 1.64. The largest absolute Gasteiger partial charge is 0.493 e. The van der Waals surface area contributed by atoms with Crippen molar-refractivity contribution in [1.82, 2.24) is 9.80 Å². The first-order valence-corrected chi connectivity index (χ1v) is 10.5. The number of benzene rings is 1. The van der Waals surface area contributed by atoms with Gasteiger partial charge in [-0.2, -0.15) is 0 Å².